The van der Waals surface area contributed by atoms with Gasteiger partial charge in [-0.1, -0.05) is 29.1 Å². The van der Waals surface area contributed by atoms with Gasteiger partial charge in [0.05, 0.1) is 16.5 Å². The van der Waals surface area contributed by atoms with E-state index in [2.05, 4.69) is 5.16 Å². The molecule has 0 bridgehead atoms. The van der Waals surface area contributed by atoms with E-state index in [9.17, 15) is 13.2 Å². The first-order chi connectivity index (χ1) is 13.2. The third-order valence-corrected chi connectivity index (χ3v) is 6.93. The molecule has 1 saturated heterocycles. The van der Waals surface area contributed by atoms with Crippen molar-refractivity contribution in [1.82, 2.24) is 4.90 Å². The fourth-order valence-corrected chi connectivity index (χ4v) is 5.35. The van der Waals surface area contributed by atoms with Crippen molar-refractivity contribution in [1.29, 1.82) is 0 Å². The molecule has 1 fully saturated rings. The van der Waals surface area contributed by atoms with E-state index in [1.54, 1.807) is 37.1 Å². The topological polar surface area (TPSA) is 45.1 Å². The molecule has 0 aliphatic carbocycles. The van der Waals surface area contributed by atoms with E-state index in [0.29, 0.717) is 18.7 Å². The molecule has 0 amide bonds. The molecule has 0 saturated carbocycles. The Kier molecular flexibility index (Phi) is 6.38. The number of nitrogens with zero attached hydrogens (tertiary/aromatic N) is 2. The summed E-state index contributed by atoms with van der Waals surface area (Å²) in [5, 5.41) is 14.0. The fourth-order valence-electron chi connectivity index (χ4n) is 3.31. The zero-order valence-electron chi connectivity index (χ0n) is 15.5. The number of hydrogen-bond donors (Lipinski definition) is 1. The molecule has 2 heterocycles. The van der Waals surface area contributed by atoms with Crippen molar-refractivity contribution in [3.63, 3.8) is 0 Å². The first-order valence-corrected chi connectivity index (χ1v) is 10.3. The normalized spacial score (nSPS) is 21.4. The van der Waals surface area contributed by atoms with Crippen LogP contribution in [-0.2, 0) is 10.3 Å². The Labute approximate surface area is 170 Å². The number of methoxy groups -OCH3 is 1. The van der Waals surface area contributed by atoms with Gasteiger partial charge in [0.2, 0.25) is 0 Å². The second kappa shape index (κ2) is 8.44. The third-order valence-electron chi connectivity index (χ3n) is 4.85. The van der Waals surface area contributed by atoms with Crippen LogP contribution in [0.2, 0.25) is 0 Å². The van der Waals surface area contributed by atoms with E-state index < -0.39 is 18.3 Å². The number of likely N-dealkylation sites (tertiary alicyclic amines) is 1. The Morgan fingerprint density at radius 2 is 2.07 bits per heavy atom. The summed E-state index contributed by atoms with van der Waals surface area (Å²) in [5.41, 5.74) is 1.61. The summed E-state index contributed by atoms with van der Waals surface area (Å²) in [6.45, 7) is 1.41. The molecule has 9 heteroatoms. The summed E-state index contributed by atoms with van der Waals surface area (Å²) in [4.78, 5) is 2.43. The van der Waals surface area contributed by atoms with Crippen molar-refractivity contribution in [2.75, 3.05) is 26.7 Å². The lowest BCUT2D eigenvalue weighted by molar-refractivity contribution is -0.146. The van der Waals surface area contributed by atoms with Crippen LogP contribution in [0.15, 0.2) is 50.0 Å². The van der Waals surface area contributed by atoms with Gasteiger partial charge >= 0.3 is 6.18 Å². The van der Waals surface area contributed by atoms with E-state index in [4.69, 9.17) is 9.94 Å². The summed E-state index contributed by atoms with van der Waals surface area (Å²) in [5.74, 6) is 0. The predicted molar refractivity (Wildman–Crippen MR) is 105 cm³/mol. The standard InChI is InChI=1S/C19H21F3N2O2S2/c1-13(23-25)14-3-5-16(6-4-14)28-17-9-15(10-27-17)18(26-2)7-8-24(11-18)12-19(20,21)22/h3-6,9-10,25H,7-8,11-12H2,1-2H3. The molecule has 3 rings (SSSR count). The second-order valence-corrected chi connectivity index (χ2v) is 9.03. The van der Waals surface area contributed by atoms with Crippen LogP contribution in [0.1, 0.15) is 24.5 Å². The molecule has 1 aliphatic rings. The zero-order chi connectivity index (χ0) is 20.4. The van der Waals surface area contributed by atoms with Crippen molar-refractivity contribution in [3.8, 4) is 0 Å². The number of ether oxygens (including phenoxy) is 1. The van der Waals surface area contributed by atoms with Crippen molar-refractivity contribution in [2.45, 2.75) is 34.2 Å². The molecule has 1 aromatic carbocycles. The molecular formula is C19H21F3N2O2S2. The summed E-state index contributed by atoms with van der Waals surface area (Å²) in [7, 11) is 1.56. The molecule has 2 aromatic rings. The summed E-state index contributed by atoms with van der Waals surface area (Å²) < 4.78 is 44.9. The van der Waals surface area contributed by atoms with Gasteiger partial charge in [-0.3, -0.25) is 4.90 Å². The fraction of sp³-hybridized carbons (Fsp3) is 0.421. The number of benzene rings is 1. The molecular weight excluding hydrogens is 409 g/mol. The van der Waals surface area contributed by atoms with Crippen molar-refractivity contribution in [3.05, 3.63) is 46.8 Å². The number of oxime groups is 1. The number of alkyl halides is 3. The number of halogens is 3. The maximum absolute atomic E-state index is 12.7. The molecule has 152 valence electrons. The smallest absolute Gasteiger partial charge is 0.401 e. The zero-order valence-corrected chi connectivity index (χ0v) is 17.1. The van der Waals surface area contributed by atoms with Crippen LogP contribution >= 0.6 is 23.1 Å². The van der Waals surface area contributed by atoms with Gasteiger partial charge in [-0.25, -0.2) is 0 Å². The summed E-state index contributed by atoms with van der Waals surface area (Å²) in [6, 6.07) is 9.66. The molecule has 0 spiro atoms. The van der Waals surface area contributed by atoms with E-state index in [1.807, 2.05) is 35.7 Å². The minimum atomic E-state index is -4.20. The average molecular weight is 431 g/mol. The number of rotatable bonds is 6. The first-order valence-electron chi connectivity index (χ1n) is 8.65. The van der Waals surface area contributed by atoms with Crippen LogP contribution in [0.5, 0.6) is 0 Å². The highest BCUT2D eigenvalue weighted by atomic mass is 32.2. The van der Waals surface area contributed by atoms with Crippen molar-refractivity contribution >= 4 is 28.8 Å². The van der Waals surface area contributed by atoms with Crippen molar-refractivity contribution in [2.24, 2.45) is 5.16 Å². The molecule has 1 N–H and O–H groups in total. The molecule has 28 heavy (non-hydrogen) atoms. The van der Waals surface area contributed by atoms with E-state index in [0.717, 1.165) is 20.2 Å². The van der Waals surface area contributed by atoms with Crippen LogP contribution in [0.3, 0.4) is 0 Å². The molecule has 1 unspecified atom stereocenters. The van der Waals surface area contributed by atoms with Crippen LogP contribution in [-0.4, -0.2) is 48.7 Å². The highest BCUT2D eigenvalue weighted by Crippen LogP contribution is 2.42. The Hall–Kier alpha value is -1.55. The molecule has 0 radical (unpaired) electrons. The van der Waals surface area contributed by atoms with Gasteiger partial charge in [0.1, 0.15) is 5.60 Å². The van der Waals surface area contributed by atoms with Crippen LogP contribution < -0.4 is 0 Å². The predicted octanol–water partition coefficient (Wildman–Crippen LogP) is 5.21. The average Bonchev–Trinajstić information content (AvgIpc) is 3.28. The lowest BCUT2D eigenvalue weighted by atomic mass is 9.95. The van der Waals surface area contributed by atoms with Crippen LogP contribution in [0, 0.1) is 0 Å². The van der Waals surface area contributed by atoms with Crippen LogP contribution in [0.4, 0.5) is 13.2 Å². The van der Waals surface area contributed by atoms with Gasteiger partial charge in [-0.2, -0.15) is 13.2 Å². The number of thiophene rings is 1. The summed E-state index contributed by atoms with van der Waals surface area (Å²) in [6.07, 6.45) is -3.67. The Bertz CT molecular complexity index is 836. The highest BCUT2D eigenvalue weighted by molar-refractivity contribution is 8.01. The SMILES string of the molecule is COC1(c2csc(Sc3ccc(C(C)=NO)cc3)c2)CCN(CC(F)(F)F)C1. The van der Waals surface area contributed by atoms with Gasteiger partial charge in [0.25, 0.3) is 0 Å². The lowest BCUT2D eigenvalue weighted by Crippen LogP contribution is -2.37. The second-order valence-electron chi connectivity index (χ2n) is 6.74. The molecule has 4 nitrogen and oxygen atoms in total. The van der Waals surface area contributed by atoms with Gasteiger partial charge < -0.3 is 9.94 Å². The van der Waals surface area contributed by atoms with Gasteiger partial charge in [-0.05, 0) is 48.1 Å². The van der Waals surface area contributed by atoms with E-state index >= 15 is 0 Å². The number of hydrogen-bond acceptors (Lipinski definition) is 6. The lowest BCUT2D eigenvalue weighted by Gasteiger charge is -2.27. The Morgan fingerprint density at radius 1 is 1.36 bits per heavy atom. The summed E-state index contributed by atoms with van der Waals surface area (Å²) >= 11 is 3.14. The van der Waals surface area contributed by atoms with E-state index in [1.165, 1.54) is 4.90 Å². The maximum Gasteiger partial charge on any atom is 0.401 e. The molecule has 1 atom stereocenters. The largest absolute Gasteiger partial charge is 0.411 e. The minimum absolute atomic E-state index is 0.234. The molecule has 1 aliphatic heterocycles. The Balaban J connectivity index is 1.70. The third kappa shape index (κ3) is 4.89. The highest BCUT2D eigenvalue weighted by Gasteiger charge is 2.43. The molecule has 1 aromatic heterocycles. The Morgan fingerprint density at radius 3 is 2.68 bits per heavy atom. The van der Waals surface area contributed by atoms with Gasteiger partial charge in [0.15, 0.2) is 0 Å². The van der Waals surface area contributed by atoms with Crippen LogP contribution in [0.25, 0.3) is 0 Å². The first kappa shape index (κ1) is 21.2. The quantitative estimate of drug-likeness (QED) is 0.388. The van der Waals surface area contributed by atoms with Gasteiger partial charge in [0, 0.05) is 25.1 Å². The van der Waals surface area contributed by atoms with E-state index in [-0.39, 0.29) is 6.54 Å². The monoisotopic (exact) mass is 430 g/mol. The minimum Gasteiger partial charge on any atom is -0.411 e. The maximum atomic E-state index is 12.7. The van der Waals surface area contributed by atoms with Gasteiger partial charge in [-0.15, -0.1) is 11.3 Å². The van der Waals surface area contributed by atoms with Crippen molar-refractivity contribution < 1.29 is 23.1 Å².